The molecule has 2 N–H and O–H groups in total. The smallest absolute Gasteiger partial charge is 0.238 e. The molecule has 0 aliphatic heterocycles. The Hall–Kier alpha value is -3.79. The van der Waals surface area contributed by atoms with Crippen molar-refractivity contribution in [2.24, 2.45) is 0 Å². The summed E-state index contributed by atoms with van der Waals surface area (Å²) in [5.41, 5.74) is 2.60. The van der Waals surface area contributed by atoms with E-state index in [1.807, 2.05) is 49.4 Å². The number of alkyl halides is 1. The van der Waals surface area contributed by atoms with Crippen molar-refractivity contribution in [3.8, 4) is 22.9 Å². The minimum atomic E-state index is -3.56. The van der Waals surface area contributed by atoms with E-state index in [2.05, 4.69) is 20.0 Å². The summed E-state index contributed by atoms with van der Waals surface area (Å²) in [4.78, 5) is 13.6. The van der Waals surface area contributed by atoms with Gasteiger partial charge in [-0.3, -0.25) is 4.72 Å². The molecule has 2 aromatic carbocycles. The van der Waals surface area contributed by atoms with Crippen molar-refractivity contribution in [1.82, 2.24) is 15.0 Å². The van der Waals surface area contributed by atoms with Gasteiger partial charge in [0.05, 0.1) is 21.7 Å². The molecule has 0 spiro atoms. The van der Waals surface area contributed by atoms with Crippen molar-refractivity contribution in [2.45, 2.75) is 75.8 Å². The minimum Gasteiger partial charge on any atom is -0.437 e. The first-order chi connectivity index (χ1) is 19.7. The molecule has 2 fully saturated rings. The molecule has 41 heavy (non-hydrogen) atoms. The number of hydrogen-bond acceptors (Lipinski definition) is 7. The Morgan fingerprint density at radius 1 is 1.00 bits per heavy atom. The fraction of sp³-hybridized carbons (Fsp3) is 0.387. The van der Waals surface area contributed by atoms with E-state index in [1.165, 1.54) is 0 Å². The van der Waals surface area contributed by atoms with Crippen LogP contribution in [-0.4, -0.2) is 40.3 Å². The molecule has 2 saturated carbocycles. The van der Waals surface area contributed by atoms with Crippen LogP contribution in [0.15, 0.2) is 60.9 Å². The number of anilines is 2. The van der Waals surface area contributed by atoms with E-state index in [-0.39, 0.29) is 6.04 Å². The number of hydrogen-bond donors (Lipinski definition) is 2. The van der Waals surface area contributed by atoms with Crippen LogP contribution >= 0.6 is 0 Å². The fourth-order valence-corrected chi connectivity index (χ4v) is 7.24. The largest absolute Gasteiger partial charge is 0.437 e. The molecule has 10 heteroatoms. The number of ether oxygens (including phenoxy) is 1. The van der Waals surface area contributed by atoms with E-state index >= 15 is 0 Å². The summed E-state index contributed by atoms with van der Waals surface area (Å²) in [6.07, 6.45) is 7.52. The van der Waals surface area contributed by atoms with Gasteiger partial charge in [-0.1, -0.05) is 30.7 Å². The van der Waals surface area contributed by atoms with Gasteiger partial charge in [-0.05, 0) is 82.2 Å². The monoisotopic (exact) mass is 575 g/mol. The molecule has 2 atom stereocenters. The van der Waals surface area contributed by atoms with E-state index < -0.39 is 20.9 Å². The maximum Gasteiger partial charge on any atom is 0.238 e. The predicted octanol–water partition coefficient (Wildman–Crippen LogP) is 7.17. The summed E-state index contributed by atoms with van der Waals surface area (Å²) in [7, 11) is -3.56. The quantitative estimate of drug-likeness (QED) is 0.229. The highest BCUT2D eigenvalue weighted by Crippen LogP contribution is 2.43. The molecular formula is C31H34FN5O3S. The number of benzene rings is 2. The molecule has 0 radical (unpaired) electrons. The van der Waals surface area contributed by atoms with Crippen LogP contribution in [0.1, 0.15) is 57.4 Å². The maximum absolute atomic E-state index is 13.9. The fourth-order valence-electron chi connectivity index (χ4n) is 5.71. The zero-order valence-corrected chi connectivity index (χ0v) is 24.0. The highest BCUT2D eigenvalue weighted by atomic mass is 32.2. The lowest BCUT2D eigenvalue weighted by Crippen LogP contribution is -2.45. The lowest BCUT2D eigenvalue weighted by atomic mass is 9.86. The molecule has 0 unspecified atom stereocenters. The highest BCUT2D eigenvalue weighted by Gasteiger charge is 2.44. The molecule has 0 bridgehead atoms. The number of rotatable bonds is 8. The lowest BCUT2D eigenvalue weighted by molar-refractivity contribution is 0.239. The van der Waals surface area contributed by atoms with Crippen LogP contribution in [0.3, 0.4) is 0 Å². The maximum atomic E-state index is 13.9. The van der Waals surface area contributed by atoms with Crippen molar-refractivity contribution >= 4 is 32.4 Å². The summed E-state index contributed by atoms with van der Waals surface area (Å²) in [6, 6.07) is 14.9. The van der Waals surface area contributed by atoms with Crippen LogP contribution in [0.4, 0.5) is 16.0 Å². The van der Waals surface area contributed by atoms with E-state index in [0.717, 1.165) is 35.6 Å². The minimum absolute atomic E-state index is 0.00421. The van der Waals surface area contributed by atoms with Gasteiger partial charge in [0.25, 0.3) is 0 Å². The average Bonchev–Trinajstić information content (AvgIpc) is 2.94. The van der Waals surface area contributed by atoms with Crippen molar-refractivity contribution in [3.63, 3.8) is 0 Å². The number of fused-ring (bicyclic) bond motifs is 1. The van der Waals surface area contributed by atoms with Gasteiger partial charge in [-0.15, -0.1) is 0 Å². The third-order valence-corrected chi connectivity index (χ3v) is 10.5. The molecule has 2 aliphatic carbocycles. The van der Waals surface area contributed by atoms with E-state index in [4.69, 9.17) is 9.72 Å². The molecule has 8 nitrogen and oxygen atoms in total. The molecular weight excluding hydrogens is 541 g/mol. The predicted molar refractivity (Wildman–Crippen MR) is 160 cm³/mol. The molecule has 2 aliphatic rings. The Balaban J connectivity index is 1.32. The Kier molecular flexibility index (Phi) is 7.27. The van der Waals surface area contributed by atoms with Crippen molar-refractivity contribution in [1.29, 1.82) is 0 Å². The van der Waals surface area contributed by atoms with E-state index in [0.29, 0.717) is 60.2 Å². The van der Waals surface area contributed by atoms with Crippen LogP contribution < -0.4 is 14.8 Å². The van der Waals surface area contributed by atoms with Gasteiger partial charge in [-0.25, -0.2) is 27.8 Å². The molecule has 6 rings (SSSR count). The van der Waals surface area contributed by atoms with Crippen LogP contribution in [0.5, 0.6) is 11.6 Å². The van der Waals surface area contributed by atoms with Crippen molar-refractivity contribution in [3.05, 3.63) is 66.5 Å². The standard InChI is InChI=1S/C31H34FN5O3S/c1-20-18-27(37-41(38,39)31(2)14-7-15-31)23-10-3-4-11-24(23)28(20)40-29-25(12-6-16-33-29)26-13-17-34-30(36-26)35-22-9-5-8-21(32)19-22/h3-4,6,10-13,16-18,21-22,37H,5,7-9,14-15,19H2,1-2H3,(H,34,35,36)/t21-,22-/m1/s1. The normalized spacial score (nSPS) is 20.3. The van der Waals surface area contributed by atoms with Crippen LogP contribution in [0, 0.1) is 6.92 Å². The number of nitrogens with one attached hydrogen (secondary N) is 2. The number of nitrogens with zero attached hydrogens (tertiary/aromatic N) is 3. The van der Waals surface area contributed by atoms with Gasteiger partial charge in [0.15, 0.2) is 0 Å². The Bertz CT molecular complexity index is 1690. The number of aromatic nitrogens is 3. The summed E-state index contributed by atoms with van der Waals surface area (Å²) in [5, 5.41) is 4.80. The van der Waals surface area contributed by atoms with Gasteiger partial charge in [0.1, 0.15) is 11.9 Å². The summed E-state index contributed by atoms with van der Waals surface area (Å²) in [6.45, 7) is 3.69. The Morgan fingerprint density at radius 3 is 2.56 bits per heavy atom. The molecule has 0 saturated heterocycles. The first-order valence-corrected chi connectivity index (χ1v) is 15.6. The summed E-state index contributed by atoms with van der Waals surface area (Å²) in [5.74, 6) is 1.39. The molecule has 4 aromatic rings. The van der Waals surface area contributed by atoms with Crippen molar-refractivity contribution < 1.29 is 17.5 Å². The number of halogens is 1. The van der Waals surface area contributed by atoms with Crippen LogP contribution in [0.2, 0.25) is 0 Å². The molecule has 214 valence electrons. The second-order valence-electron chi connectivity index (χ2n) is 11.4. The molecule has 0 amide bonds. The van der Waals surface area contributed by atoms with Gasteiger partial charge in [0.2, 0.25) is 21.9 Å². The zero-order chi connectivity index (χ0) is 28.6. The Labute approximate surface area is 239 Å². The van der Waals surface area contributed by atoms with Crippen LogP contribution in [0.25, 0.3) is 22.0 Å². The van der Waals surface area contributed by atoms with E-state index in [9.17, 15) is 12.8 Å². The van der Waals surface area contributed by atoms with E-state index in [1.54, 1.807) is 25.4 Å². The number of aryl methyl sites for hydroxylation is 1. The third-order valence-electron chi connectivity index (χ3n) is 8.33. The highest BCUT2D eigenvalue weighted by molar-refractivity contribution is 7.94. The van der Waals surface area contributed by atoms with Gasteiger partial charge >= 0.3 is 0 Å². The first kappa shape index (κ1) is 27.4. The Morgan fingerprint density at radius 2 is 1.80 bits per heavy atom. The summed E-state index contributed by atoms with van der Waals surface area (Å²) < 4.78 is 48.9. The second-order valence-corrected chi connectivity index (χ2v) is 13.6. The first-order valence-electron chi connectivity index (χ1n) is 14.1. The average molecular weight is 576 g/mol. The number of sulfonamides is 1. The van der Waals surface area contributed by atoms with Gasteiger partial charge < -0.3 is 10.1 Å². The lowest BCUT2D eigenvalue weighted by Gasteiger charge is -2.37. The van der Waals surface area contributed by atoms with Gasteiger partial charge in [0, 0.05) is 29.2 Å². The second kappa shape index (κ2) is 10.9. The molecule has 2 aromatic heterocycles. The molecule has 2 heterocycles. The SMILES string of the molecule is Cc1cc(NS(=O)(=O)C2(C)CCC2)c2ccccc2c1Oc1ncccc1-c1ccnc(N[C@@H]2CCC[C@@H](F)C2)n1. The topological polar surface area (TPSA) is 106 Å². The third kappa shape index (κ3) is 5.45. The van der Waals surface area contributed by atoms with Gasteiger partial charge in [-0.2, -0.15) is 0 Å². The van der Waals surface area contributed by atoms with Crippen LogP contribution in [-0.2, 0) is 10.0 Å². The zero-order valence-electron chi connectivity index (χ0n) is 23.2. The number of pyridine rings is 1. The van der Waals surface area contributed by atoms with Crippen molar-refractivity contribution in [2.75, 3.05) is 10.0 Å². The summed E-state index contributed by atoms with van der Waals surface area (Å²) >= 11 is 0.